The van der Waals surface area contributed by atoms with Crippen molar-refractivity contribution in [3.63, 3.8) is 0 Å². The van der Waals surface area contributed by atoms with Gasteiger partial charge in [-0.05, 0) is 29.8 Å². The topological polar surface area (TPSA) is 40.8 Å². The smallest absolute Gasteiger partial charge is 0.147 e. The SMILES string of the molecule is Cn1ccc(CNc2ccc(C#N)cc2F)c1. The second kappa shape index (κ2) is 4.71. The van der Waals surface area contributed by atoms with Gasteiger partial charge in [-0.3, -0.25) is 0 Å². The summed E-state index contributed by atoms with van der Waals surface area (Å²) in [5, 5.41) is 11.6. The summed E-state index contributed by atoms with van der Waals surface area (Å²) in [6.45, 7) is 0.559. The van der Waals surface area contributed by atoms with E-state index in [4.69, 9.17) is 5.26 Å². The predicted octanol–water partition coefficient (Wildman–Crippen LogP) is 2.65. The van der Waals surface area contributed by atoms with Gasteiger partial charge in [0.15, 0.2) is 0 Å². The van der Waals surface area contributed by atoms with Crippen LogP contribution in [-0.2, 0) is 13.6 Å². The Hall–Kier alpha value is -2.28. The summed E-state index contributed by atoms with van der Waals surface area (Å²) in [5.41, 5.74) is 1.82. The molecular formula is C13H12FN3. The highest BCUT2D eigenvalue weighted by molar-refractivity contribution is 5.49. The molecule has 0 saturated heterocycles. The first-order valence-corrected chi connectivity index (χ1v) is 5.23. The molecule has 17 heavy (non-hydrogen) atoms. The number of aryl methyl sites for hydroxylation is 1. The molecule has 0 spiro atoms. The van der Waals surface area contributed by atoms with Gasteiger partial charge in [-0.2, -0.15) is 5.26 Å². The van der Waals surface area contributed by atoms with Crippen molar-refractivity contribution in [1.29, 1.82) is 5.26 Å². The molecule has 86 valence electrons. The summed E-state index contributed by atoms with van der Waals surface area (Å²) in [6.07, 6.45) is 3.90. The highest BCUT2D eigenvalue weighted by atomic mass is 19.1. The zero-order valence-corrected chi connectivity index (χ0v) is 9.44. The van der Waals surface area contributed by atoms with Crippen molar-refractivity contribution >= 4 is 5.69 Å². The largest absolute Gasteiger partial charge is 0.379 e. The number of benzene rings is 1. The number of rotatable bonds is 3. The first kappa shape index (κ1) is 11.2. The molecule has 4 heteroatoms. The molecule has 0 aliphatic carbocycles. The summed E-state index contributed by atoms with van der Waals surface area (Å²) in [6, 6.07) is 8.27. The number of hydrogen-bond donors (Lipinski definition) is 1. The first-order chi connectivity index (χ1) is 8.19. The van der Waals surface area contributed by atoms with Gasteiger partial charge < -0.3 is 9.88 Å². The second-order valence-electron chi connectivity index (χ2n) is 3.85. The molecule has 0 aliphatic heterocycles. The van der Waals surface area contributed by atoms with Crippen molar-refractivity contribution in [3.05, 3.63) is 53.6 Å². The maximum Gasteiger partial charge on any atom is 0.147 e. The van der Waals surface area contributed by atoms with Crippen LogP contribution < -0.4 is 5.32 Å². The number of anilines is 1. The lowest BCUT2D eigenvalue weighted by Gasteiger charge is -2.06. The van der Waals surface area contributed by atoms with Gasteiger partial charge in [0.25, 0.3) is 0 Å². The average Bonchev–Trinajstić information content (AvgIpc) is 2.73. The molecule has 1 aromatic heterocycles. The van der Waals surface area contributed by atoms with E-state index >= 15 is 0 Å². The fraction of sp³-hybridized carbons (Fsp3) is 0.154. The maximum absolute atomic E-state index is 13.5. The normalized spacial score (nSPS) is 9.94. The van der Waals surface area contributed by atoms with Crippen molar-refractivity contribution in [1.82, 2.24) is 4.57 Å². The maximum atomic E-state index is 13.5. The van der Waals surface area contributed by atoms with Crippen LogP contribution in [-0.4, -0.2) is 4.57 Å². The van der Waals surface area contributed by atoms with Gasteiger partial charge in [0.1, 0.15) is 5.82 Å². The molecule has 2 rings (SSSR count). The highest BCUT2D eigenvalue weighted by Gasteiger charge is 2.03. The average molecular weight is 229 g/mol. The number of aromatic nitrogens is 1. The molecule has 2 aromatic rings. The Balaban J connectivity index is 2.07. The summed E-state index contributed by atoms with van der Waals surface area (Å²) < 4.78 is 15.5. The molecule has 0 fully saturated rings. The Morgan fingerprint density at radius 2 is 2.24 bits per heavy atom. The van der Waals surface area contributed by atoms with Crippen LogP contribution in [0.25, 0.3) is 0 Å². The Morgan fingerprint density at radius 1 is 1.41 bits per heavy atom. The number of halogens is 1. The standard InChI is InChI=1S/C13H12FN3/c1-17-5-4-11(9-17)8-16-13-3-2-10(7-15)6-12(13)14/h2-6,9,16H,8H2,1H3. The van der Waals surface area contributed by atoms with Gasteiger partial charge in [0, 0.05) is 26.0 Å². The van der Waals surface area contributed by atoms with Gasteiger partial charge in [-0.1, -0.05) is 0 Å². The van der Waals surface area contributed by atoms with Crippen LogP contribution in [0.2, 0.25) is 0 Å². The number of nitrogens with zero attached hydrogens (tertiary/aromatic N) is 2. The lowest BCUT2D eigenvalue weighted by atomic mass is 10.2. The predicted molar refractivity (Wildman–Crippen MR) is 63.9 cm³/mol. The van der Waals surface area contributed by atoms with Crippen molar-refractivity contribution in [2.45, 2.75) is 6.54 Å². The molecule has 1 aromatic carbocycles. The second-order valence-corrected chi connectivity index (χ2v) is 3.85. The molecule has 0 aliphatic rings. The molecule has 0 bridgehead atoms. The molecule has 1 N–H and O–H groups in total. The third kappa shape index (κ3) is 2.64. The third-order valence-electron chi connectivity index (χ3n) is 2.47. The first-order valence-electron chi connectivity index (χ1n) is 5.23. The molecule has 0 radical (unpaired) electrons. The molecule has 3 nitrogen and oxygen atoms in total. The summed E-state index contributed by atoms with van der Waals surface area (Å²) in [5.74, 6) is -0.403. The van der Waals surface area contributed by atoms with Crippen molar-refractivity contribution in [2.75, 3.05) is 5.32 Å². The molecule has 1 heterocycles. The number of nitrogens with one attached hydrogen (secondary N) is 1. The van der Waals surface area contributed by atoms with Crippen LogP contribution in [0.15, 0.2) is 36.7 Å². The molecule has 0 amide bonds. The summed E-state index contributed by atoms with van der Waals surface area (Å²) >= 11 is 0. The van der Waals surface area contributed by atoms with E-state index in [2.05, 4.69) is 5.32 Å². The van der Waals surface area contributed by atoms with Gasteiger partial charge in [-0.25, -0.2) is 4.39 Å². The van der Waals surface area contributed by atoms with Crippen molar-refractivity contribution < 1.29 is 4.39 Å². The minimum atomic E-state index is -0.403. The number of hydrogen-bond acceptors (Lipinski definition) is 2. The van der Waals surface area contributed by atoms with Crippen LogP contribution in [0.5, 0.6) is 0 Å². The fourth-order valence-corrected chi connectivity index (χ4v) is 1.59. The molecule has 0 atom stereocenters. The summed E-state index contributed by atoms with van der Waals surface area (Å²) in [7, 11) is 1.94. The Morgan fingerprint density at radius 3 is 2.82 bits per heavy atom. The Bertz CT molecular complexity index is 566. The quantitative estimate of drug-likeness (QED) is 0.879. The van der Waals surface area contributed by atoms with Crippen LogP contribution in [0.4, 0.5) is 10.1 Å². The van der Waals surface area contributed by atoms with E-state index < -0.39 is 5.82 Å². The van der Waals surface area contributed by atoms with E-state index in [1.807, 2.05) is 36.1 Å². The lowest BCUT2D eigenvalue weighted by molar-refractivity contribution is 0.629. The Kier molecular flexibility index (Phi) is 3.10. The van der Waals surface area contributed by atoms with Crippen molar-refractivity contribution in [2.24, 2.45) is 7.05 Å². The third-order valence-corrected chi connectivity index (χ3v) is 2.47. The fourth-order valence-electron chi connectivity index (χ4n) is 1.59. The zero-order valence-electron chi connectivity index (χ0n) is 9.44. The van der Waals surface area contributed by atoms with Crippen LogP contribution in [0.1, 0.15) is 11.1 Å². The number of nitriles is 1. The van der Waals surface area contributed by atoms with E-state index in [0.717, 1.165) is 5.56 Å². The van der Waals surface area contributed by atoms with E-state index in [1.54, 1.807) is 12.1 Å². The minimum Gasteiger partial charge on any atom is -0.379 e. The van der Waals surface area contributed by atoms with Crippen LogP contribution >= 0.6 is 0 Å². The van der Waals surface area contributed by atoms with E-state index in [-0.39, 0.29) is 0 Å². The van der Waals surface area contributed by atoms with E-state index in [0.29, 0.717) is 17.8 Å². The van der Waals surface area contributed by atoms with Crippen LogP contribution in [0, 0.1) is 17.1 Å². The Labute approximate surface area is 99.1 Å². The molecular weight excluding hydrogens is 217 g/mol. The van der Waals surface area contributed by atoms with E-state index in [9.17, 15) is 4.39 Å². The minimum absolute atomic E-state index is 0.327. The summed E-state index contributed by atoms with van der Waals surface area (Å²) in [4.78, 5) is 0. The van der Waals surface area contributed by atoms with Gasteiger partial charge in [0.2, 0.25) is 0 Å². The highest BCUT2D eigenvalue weighted by Crippen LogP contribution is 2.16. The zero-order chi connectivity index (χ0) is 12.3. The van der Waals surface area contributed by atoms with Gasteiger partial charge in [0.05, 0.1) is 17.3 Å². The van der Waals surface area contributed by atoms with Gasteiger partial charge >= 0.3 is 0 Å². The lowest BCUT2D eigenvalue weighted by Crippen LogP contribution is -2.00. The van der Waals surface area contributed by atoms with Crippen LogP contribution in [0.3, 0.4) is 0 Å². The molecule has 0 saturated carbocycles. The molecule has 0 unspecified atom stereocenters. The van der Waals surface area contributed by atoms with Gasteiger partial charge in [-0.15, -0.1) is 0 Å². The monoisotopic (exact) mass is 229 g/mol. The van der Waals surface area contributed by atoms with E-state index in [1.165, 1.54) is 6.07 Å². The van der Waals surface area contributed by atoms with Crippen molar-refractivity contribution in [3.8, 4) is 6.07 Å².